The SMILES string of the molecule is C=CCn1c(=O)c2c(ncn2CCC)n(-c2ccc(F)cc2)c1=O. The zero-order valence-electron chi connectivity index (χ0n) is 13.3. The minimum absolute atomic E-state index is 0.0894. The van der Waals surface area contributed by atoms with Crippen molar-refractivity contribution in [2.45, 2.75) is 26.4 Å². The van der Waals surface area contributed by atoms with E-state index in [1.165, 1.54) is 34.9 Å². The molecule has 0 saturated carbocycles. The molecule has 3 aromatic rings. The standard InChI is InChI=1S/C17H17FN4O2/c1-3-9-20-11-19-15-14(20)16(23)21(10-4-2)17(24)22(15)13-7-5-12(18)6-8-13/h4-8,11H,2-3,9-10H2,1H3. The summed E-state index contributed by atoms with van der Waals surface area (Å²) in [6.07, 6.45) is 3.86. The van der Waals surface area contributed by atoms with Gasteiger partial charge >= 0.3 is 5.69 Å². The van der Waals surface area contributed by atoms with Crippen LogP contribution in [0.5, 0.6) is 0 Å². The minimum Gasteiger partial charge on any atom is -0.325 e. The number of imidazole rings is 1. The average Bonchev–Trinajstić information content (AvgIpc) is 2.97. The first-order valence-corrected chi connectivity index (χ1v) is 7.66. The molecule has 0 aliphatic carbocycles. The number of rotatable bonds is 5. The zero-order valence-corrected chi connectivity index (χ0v) is 13.3. The molecule has 0 unspecified atom stereocenters. The molecule has 0 fully saturated rings. The van der Waals surface area contributed by atoms with Gasteiger partial charge in [0.2, 0.25) is 0 Å². The number of aryl methyl sites for hydroxylation is 1. The molecule has 0 saturated heterocycles. The fourth-order valence-electron chi connectivity index (χ4n) is 2.70. The predicted molar refractivity (Wildman–Crippen MR) is 90.0 cm³/mol. The van der Waals surface area contributed by atoms with Gasteiger partial charge in [0, 0.05) is 13.1 Å². The molecule has 0 amide bonds. The van der Waals surface area contributed by atoms with Gasteiger partial charge in [0.25, 0.3) is 5.56 Å². The Hall–Kier alpha value is -2.96. The van der Waals surface area contributed by atoms with Crippen molar-refractivity contribution < 1.29 is 4.39 Å². The fraction of sp³-hybridized carbons (Fsp3) is 0.235. The molecule has 6 nitrogen and oxygen atoms in total. The number of fused-ring (bicyclic) bond motifs is 1. The molecule has 0 N–H and O–H groups in total. The Morgan fingerprint density at radius 3 is 2.58 bits per heavy atom. The Bertz CT molecular complexity index is 1010. The van der Waals surface area contributed by atoms with E-state index in [4.69, 9.17) is 0 Å². The van der Waals surface area contributed by atoms with Gasteiger partial charge in [0.1, 0.15) is 5.82 Å². The van der Waals surface area contributed by atoms with Gasteiger partial charge in [0.15, 0.2) is 11.2 Å². The second-order valence-electron chi connectivity index (χ2n) is 5.41. The Kier molecular flexibility index (Phi) is 4.16. The lowest BCUT2D eigenvalue weighted by atomic mass is 10.3. The lowest BCUT2D eigenvalue weighted by Gasteiger charge is -2.11. The summed E-state index contributed by atoms with van der Waals surface area (Å²) >= 11 is 0. The van der Waals surface area contributed by atoms with E-state index >= 15 is 0 Å². The molecule has 0 aliphatic heterocycles. The van der Waals surface area contributed by atoms with Gasteiger partial charge in [-0.05, 0) is 30.7 Å². The summed E-state index contributed by atoms with van der Waals surface area (Å²) in [7, 11) is 0. The van der Waals surface area contributed by atoms with Crippen LogP contribution in [0, 0.1) is 5.82 Å². The number of benzene rings is 1. The van der Waals surface area contributed by atoms with E-state index in [-0.39, 0.29) is 12.2 Å². The second kappa shape index (κ2) is 6.27. The smallest absolute Gasteiger partial charge is 0.325 e. The minimum atomic E-state index is -0.527. The third-order valence-corrected chi connectivity index (χ3v) is 3.76. The Balaban J connectivity index is 2.43. The van der Waals surface area contributed by atoms with Crippen molar-refractivity contribution >= 4 is 11.2 Å². The summed E-state index contributed by atoms with van der Waals surface area (Å²) in [5.41, 5.74) is 0.138. The van der Waals surface area contributed by atoms with Gasteiger partial charge in [-0.3, -0.25) is 9.36 Å². The van der Waals surface area contributed by atoms with Crippen LogP contribution >= 0.6 is 0 Å². The summed E-state index contributed by atoms with van der Waals surface area (Å²) in [6.45, 7) is 6.29. The highest BCUT2D eigenvalue weighted by atomic mass is 19.1. The van der Waals surface area contributed by atoms with Crippen LogP contribution in [0.4, 0.5) is 4.39 Å². The van der Waals surface area contributed by atoms with Crippen molar-refractivity contribution in [1.82, 2.24) is 18.7 Å². The van der Waals surface area contributed by atoms with Crippen LogP contribution < -0.4 is 11.2 Å². The molecule has 0 spiro atoms. The molecule has 3 rings (SSSR count). The number of hydrogen-bond donors (Lipinski definition) is 0. The first-order valence-electron chi connectivity index (χ1n) is 7.66. The molecule has 124 valence electrons. The topological polar surface area (TPSA) is 61.8 Å². The van der Waals surface area contributed by atoms with Crippen LogP contribution in [0.3, 0.4) is 0 Å². The summed E-state index contributed by atoms with van der Waals surface area (Å²) < 4.78 is 17.4. The summed E-state index contributed by atoms with van der Waals surface area (Å²) in [5.74, 6) is -0.404. The Labute approximate surface area is 137 Å². The van der Waals surface area contributed by atoms with Crippen LogP contribution in [-0.4, -0.2) is 18.7 Å². The highest BCUT2D eigenvalue weighted by molar-refractivity contribution is 5.72. The highest BCUT2D eigenvalue weighted by Gasteiger charge is 2.18. The molecule has 0 aliphatic rings. The Morgan fingerprint density at radius 1 is 1.25 bits per heavy atom. The van der Waals surface area contributed by atoms with E-state index in [1.54, 1.807) is 10.9 Å². The van der Waals surface area contributed by atoms with Gasteiger partial charge < -0.3 is 4.57 Å². The van der Waals surface area contributed by atoms with Crippen LogP contribution in [-0.2, 0) is 13.1 Å². The van der Waals surface area contributed by atoms with Gasteiger partial charge in [-0.1, -0.05) is 13.0 Å². The molecule has 0 bridgehead atoms. The Morgan fingerprint density at radius 2 is 1.96 bits per heavy atom. The van der Waals surface area contributed by atoms with Crippen LogP contribution in [0.25, 0.3) is 16.9 Å². The van der Waals surface area contributed by atoms with E-state index in [1.807, 2.05) is 6.92 Å². The fourth-order valence-corrected chi connectivity index (χ4v) is 2.70. The van der Waals surface area contributed by atoms with Gasteiger partial charge in [-0.25, -0.2) is 18.7 Å². The van der Waals surface area contributed by atoms with Gasteiger partial charge in [-0.15, -0.1) is 6.58 Å². The summed E-state index contributed by atoms with van der Waals surface area (Å²) in [5, 5.41) is 0. The molecular formula is C17H17FN4O2. The maximum absolute atomic E-state index is 13.2. The number of nitrogens with zero attached hydrogens (tertiary/aromatic N) is 4. The van der Waals surface area contributed by atoms with Crippen molar-refractivity contribution in [3.05, 3.63) is 69.9 Å². The van der Waals surface area contributed by atoms with E-state index in [0.717, 1.165) is 11.0 Å². The number of allylic oxidation sites excluding steroid dienone is 1. The normalized spacial score (nSPS) is 11.1. The van der Waals surface area contributed by atoms with Gasteiger partial charge in [0.05, 0.1) is 12.0 Å². The van der Waals surface area contributed by atoms with E-state index in [2.05, 4.69) is 11.6 Å². The molecule has 0 radical (unpaired) electrons. The number of hydrogen-bond acceptors (Lipinski definition) is 3. The van der Waals surface area contributed by atoms with Gasteiger partial charge in [-0.2, -0.15) is 0 Å². The first kappa shape index (κ1) is 15.9. The molecule has 24 heavy (non-hydrogen) atoms. The molecule has 7 heteroatoms. The molecule has 1 aromatic carbocycles. The zero-order chi connectivity index (χ0) is 17.3. The highest BCUT2D eigenvalue weighted by Crippen LogP contribution is 2.14. The predicted octanol–water partition coefficient (Wildman–Crippen LogP) is 2.08. The molecule has 0 atom stereocenters. The number of halogens is 1. The largest absolute Gasteiger partial charge is 0.337 e. The average molecular weight is 328 g/mol. The third kappa shape index (κ3) is 2.47. The van der Waals surface area contributed by atoms with Crippen molar-refractivity contribution in [3.8, 4) is 5.69 Å². The van der Waals surface area contributed by atoms with Crippen LogP contribution in [0.15, 0.2) is 52.8 Å². The lowest BCUT2D eigenvalue weighted by Crippen LogP contribution is -2.39. The maximum atomic E-state index is 13.2. The molecule has 2 aromatic heterocycles. The van der Waals surface area contributed by atoms with Crippen molar-refractivity contribution in [2.75, 3.05) is 0 Å². The van der Waals surface area contributed by atoms with Crippen molar-refractivity contribution in [3.63, 3.8) is 0 Å². The monoisotopic (exact) mass is 328 g/mol. The molecular weight excluding hydrogens is 311 g/mol. The first-order chi connectivity index (χ1) is 11.6. The van der Waals surface area contributed by atoms with Crippen molar-refractivity contribution in [2.24, 2.45) is 0 Å². The van der Waals surface area contributed by atoms with E-state index < -0.39 is 17.1 Å². The van der Waals surface area contributed by atoms with E-state index in [0.29, 0.717) is 17.7 Å². The number of aromatic nitrogens is 4. The van der Waals surface area contributed by atoms with Crippen LogP contribution in [0.2, 0.25) is 0 Å². The summed E-state index contributed by atoms with van der Waals surface area (Å²) in [6, 6.07) is 5.49. The maximum Gasteiger partial charge on any atom is 0.337 e. The van der Waals surface area contributed by atoms with Crippen molar-refractivity contribution in [1.29, 1.82) is 0 Å². The van der Waals surface area contributed by atoms with E-state index in [9.17, 15) is 14.0 Å². The molecule has 2 heterocycles. The third-order valence-electron chi connectivity index (χ3n) is 3.76. The second-order valence-corrected chi connectivity index (χ2v) is 5.41. The quantitative estimate of drug-likeness (QED) is 0.674. The summed E-state index contributed by atoms with van der Waals surface area (Å²) in [4.78, 5) is 29.7. The lowest BCUT2D eigenvalue weighted by molar-refractivity contribution is 0.626. The van der Waals surface area contributed by atoms with Crippen LogP contribution in [0.1, 0.15) is 13.3 Å².